The summed E-state index contributed by atoms with van der Waals surface area (Å²) in [4.78, 5) is 12.4. The van der Waals surface area contributed by atoms with Crippen molar-refractivity contribution in [3.63, 3.8) is 0 Å². The Morgan fingerprint density at radius 1 is 1.08 bits per heavy atom. The lowest BCUT2D eigenvalue weighted by atomic mass is 10.1. The molecule has 0 aliphatic heterocycles. The number of sulfone groups is 1. The maximum absolute atomic E-state index is 12.4. The average Bonchev–Trinajstić information content (AvgIpc) is 2.55. The summed E-state index contributed by atoms with van der Waals surface area (Å²) in [6, 6.07) is 9.46. The number of hydrogen-bond acceptors (Lipinski definition) is 5. The van der Waals surface area contributed by atoms with E-state index in [4.69, 9.17) is 21.1 Å². The van der Waals surface area contributed by atoms with Gasteiger partial charge in [-0.05, 0) is 17.7 Å². The largest absolute Gasteiger partial charge is 0.495 e. The molecule has 0 aromatic heterocycles. The van der Waals surface area contributed by atoms with Crippen LogP contribution in [0.3, 0.4) is 0 Å². The summed E-state index contributed by atoms with van der Waals surface area (Å²) >= 11 is 6.04. The van der Waals surface area contributed by atoms with Crippen LogP contribution in [0.25, 0.3) is 0 Å². The molecule has 0 fully saturated rings. The molecule has 2 rings (SSSR count). The standard InChI is InChI=1S/C17H18ClNO5S/c1-23-15-9-14(16(24-2)8-13(15)18)19-17(20)12-6-4-11(5-7-12)10-25(3,21)22/h4-9H,10H2,1-3H3,(H,19,20). The maximum atomic E-state index is 12.4. The van der Waals surface area contributed by atoms with Gasteiger partial charge in [-0.15, -0.1) is 0 Å². The molecule has 1 N–H and O–H groups in total. The summed E-state index contributed by atoms with van der Waals surface area (Å²) in [5.74, 6) is 0.361. The van der Waals surface area contributed by atoms with Gasteiger partial charge in [0.25, 0.3) is 5.91 Å². The van der Waals surface area contributed by atoms with E-state index in [-0.39, 0.29) is 11.7 Å². The molecule has 0 atom stereocenters. The summed E-state index contributed by atoms with van der Waals surface area (Å²) in [6.45, 7) is 0. The highest BCUT2D eigenvalue weighted by molar-refractivity contribution is 7.89. The number of methoxy groups -OCH3 is 2. The van der Waals surface area contributed by atoms with E-state index < -0.39 is 9.84 Å². The molecule has 25 heavy (non-hydrogen) atoms. The Labute approximate surface area is 151 Å². The van der Waals surface area contributed by atoms with Gasteiger partial charge in [0.2, 0.25) is 0 Å². The van der Waals surface area contributed by atoms with E-state index >= 15 is 0 Å². The Kier molecular flexibility index (Phi) is 5.92. The number of carbonyl (C=O) groups is 1. The molecule has 0 bridgehead atoms. The normalized spacial score (nSPS) is 11.0. The van der Waals surface area contributed by atoms with Crippen molar-refractivity contribution in [1.29, 1.82) is 0 Å². The Hall–Kier alpha value is -2.25. The molecule has 0 unspecified atom stereocenters. The predicted octanol–water partition coefficient (Wildman–Crippen LogP) is 3.15. The van der Waals surface area contributed by atoms with E-state index in [0.29, 0.717) is 33.3 Å². The second-order valence-electron chi connectivity index (χ2n) is 5.41. The molecule has 0 heterocycles. The van der Waals surface area contributed by atoms with Gasteiger partial charge in [-0.3, -0.25) is 4.79 Å². The molecular formula is C17H18ClNO5S. The first-order chi connectivity index (χ1) is 11.7. The molecule has 0 aliphatic carbocycles. The van der Waals surface area contributed by atoms with Gasteiger partial charge >= 0.3 is 0 Å². The van der Waals surface area contributed by atoms with E-state index in [1.165, 1.54) is 14.2 Å². The number of ether oxygens (including phenoxy) is 2. The monoisotopic (exact) mass is 383 g/mol. The summed E-state index contributed by atoms with van der Waals surface area (Å²) in [7, 11) is -0.185. The maximum Gasteiger partial charge on any atom is 0.255 e. The fraction of sp³-hybridized carbons (Fsp3) is 0.235. The van der Waals surface area contributed by atoms with Gasteiger partial charge in [0.05, 0.1) is 30.7 Å². The smallest absolute Gasteiger partial charge is 0.255 e. The first kappa shape index (κ1) is 19.1. The Morgan fingerprint density at radius 2 is 1.68 bits per heavy atom. The minimum Gasteiger partial charge on any atom is -0.495 e. The second-order valence-corrected chi connectivity index (χ2v) is 7.96. The third-order valence-corrected chi connectivity index (χ3v) is 4.52. The van der Waals surface area contributed by atoms with E-state index in [1.807, 2.05) is 0 Å². The van der Waals surface area contributed by atoms with Gasteiger partial charge in [-0.1, -0.05) is 23.7 Å². The minimum absolute atomic E-state index is 0.0723. The highest BCUT2D eigenvalue weighted by Gasteiger charge is 2.14. The molecule has 0 saturated heterocycles. The molecule has 2 aromatic rings. The Morgan fingerprint density at radius 3 is 2.20 bits per heavy atom. The van der Waals surface area contributed by atoms with Gasteiger partial charge in [-0.2, -0.15) is 0 Å². The molecule has 2 aromatic carbocycles. The van der Waals surface area contributed by atoms with Crippen molar-refractivity contribution in [2.45, 2.75) is 5.75 Å². The number of halogens is 1. The highest BCUT2D eigenvalue weighted by atomic mass is 35.5. The molecule has 8 heteroatoms. The van der Waals surface area contributed by atoms with Gasteiger partial charge in [0.15, 0.2) is 9.84 Å². The first-order valence-corrected chi connectivity index (χ1v) is 9.67. The fourth-order valence-corrected chi connectivity index (χ4v) is 3.24. The lowest BCUT2D eigenvalue weighted by molar-refractivity contribution is 0.102. The molecule has 134 valence electrons. The Bertz CT molecular complexity index is 879. The van der Waals surface area contributed by atoms with Gasteiger partial charge in [0.1, 0.15) is 11.5 Å². The van der Waals surface area contributed by atoms with Crippen LogP contribution in [0.1, 0.15) is 15.9 Å². The van der Waals surface area contributed by atoms with E-state index in [0.717, 1.165) is 6.26 Å². The van der Waals surface area contributed by atoms with Crippen LogP contribution < -0.4 is 14.8 Å². The lowest BCUT2D eigenvalue weighted by Gasteiger charge is -2.13. The number of anilines is 1. The number of hydrogen-bond donors (Lipinski definition) is 1. The molecule has 0 aliphatic rings. The van der Waals surface area contributed by atoms with Crippen LogP contribution in [-0.4, -0.2) is 34.8 Å². The number of nitrogens with one attached hydrogen (secondary N) is 1. The molecule has 0 spiro atoms. The van der Waals surface area contributed by atoms with Crippen LogP contribution >= 0.6 is 11.6 Å². The van der Waals surface area contributed by atoms with Crippen molar-refractivity contribution < 1.29 is 22.7 Å². The number of amides is 1. The summed E-state index contributed by atoms with van der Waals surface area (Å²) in [5.41, 5.74) is 1.41. The number of carbonyl (C=O) groups excluding carboxylic acids is 1. The van der Waals surface area contributed by atoms with Crippen LogP contribution in [0, 0.1) is 0 Å². The SMILES string of the molecule is COc1cc(NC(=O)c2ccc(CS(C)(=O)=O)cc2)c(OC)cc1Cl. The molecule has 1 amide bonds. The number of rotatable bonds is 6. The third kappa shape index (κ3) is 5.11. The quantitative estimate of drug-likeness (QED) is 0.828. The van der Waals surface area contributed by atoms with E-state index in [1.54, 1.807) is 36.4 Å². The van der Waals surface area contributed by atoms with Crippen LogP contribution in [0.15, 0.2) is 36.4 Å². The van der Waals surface area contributed by atoms with Crippen LogP contribution in [0.5, 0.6) is 11.5 Å². The van der Waals surface area contributed by atoms with Gasteiger partial charge in [-0.25, -0.2) is 8.42 Å². The van der Waals surface area contributed by atoms with E-state index in [9.17, 15) is 13.2 Å². The fourth-order valence-electron chi connectivity index (χ4n) is 2.21. The predicted molar refractivity (Wildman–Crippen MR) is 97.5 cm³/mol. The minimum atomic E-state index is -3.12. The van der Waals surface area contributed by atoms with Crippen molar-refractivity contribution in [3.8, 4) is 11.5 Å². The second kappa shape index (κ2) is 7.76. The zero-order valence-corrected chi connectivity index (χ0v) is 15.6. The lowest BCUT2D eigenvalue weighted by Crippen LogP contribution is -2.13. The summed E-state index contributed by atoms with van der Waals surface area (Å²) in [6.07, 6.45) is 1.16. The van der Waals surface area contributed by atoms with Crippen LogP contribution in [-0.2, 0) is 15.6 Å². The summed E-state index contributed by atoms with van der Waals surface area (Å²) < 4.78 is 33.0. The zero-order valence-electron chi connectivity index (χ0n) is 14.0. The van der Waals surface area contributed by atoms with Crippen molar-refractivity contribution >= 4 is 33.0 Å². The van der Waals surface area contributed by atoms with Gasteiger partial charge in [0, 0.05) is 24.0 Å². The van der Waals surface area contributed by atoms with E-state index in [2.05, 4.69) is 5.32 Å². The number of benzene rings is 2. The Balaban J connectivity index is 2.22. The van der Waals surface area contributed by atoms with Crippen molar-refractivity contribution in [3.05, 3.63) is 52.5 Å². The third-order valence-electron chi connectivity index (χ3n) is 3.37. The zero-order chi connectivity index (χ0) is 18.6. The topological polar surface area (TPSA) is 81.7 Å². The van der Waals surface area contributed by atoms with Gasteiger partial charge < -0.3 is 14.8 Å². The first-order valence-electron chi connectivity index (χ1n) is 7.23. The molecule has 6 nitrogen and oxygen atoms in total. The highest BCUT2D eigenvalue weighted by Crippen LogP contribution is 2.36. The average molecular weight is 384 g/mol. The van der Waals surface area contributed by atoms with Crippen molar-refractivity contribution in [2.75, 3.05) is 25.8 Å². The van der Waals surface area contributed by atoms with Crippen molar-refractivity contribution in [2.24, 2.45) is 0 Å². The van der Waals surface area contributed by atoms with Crippen LogP contribution in [0.4, 0.5) is 5.69 Å². The molecular weight excluding hydrogens is 366 g/mol. The molecule has 0 saturated carbocycles. The van der Waals surface area contributed by atoms with Crippen molar-refractivity contribution in [1.82, 2.24) is 0 Å². The summed E-state index contributed by atoms with van der Waals surface area (Å²) in [5, 5.41) is 3.09. The molecule has 0 radical (unpaired) electrons. The van der Waals surface area contributed by atoms with Crippen LogP contribution in [0.2, 0.25) is 5.02 Å².